The summed E-state index contributed by atoms with van der Waals surface area (Å²) in [6, 6.07) is 16.1. The van der Waals surface area contributed by atoms with Crippen molar-refractivity contribution in [3.8, 4) is 6.07 Å². The molecule has 0 aliphatic carbocycles. The Morgan fingerprint density at radius 2 is 1.62 bits per heavy atom. The van der Waals surface area contributed by atoms with Crippen molar-refractivity contribution in [2.24, 2.45) is 0 Å². The van der Waals surface area contributed by atoms with Gasteiger partial charge >= 0.3 is 12.0 Å². The Morgan fingerprint density at radius 3 is 2.17 bits per heavy atom. The van der Waals surface area contributed by atoms with Crippen LogP contribution in [-0.2, 0) is 17.8 Å². The van der Waals surface area contributed by atoms with Crippen LogP contribution in [0.4, 0.5) is 4.79 Å². The van der Waals surface area contributed by atoms with Gasteiger partial charge in [0.15, 0.2) is 0 Å². The van der Waals surface area contributed by atoms with E-state index in [1.807, 2.05) is 31.1 Å². The lowest BCUT2D eigenvalue weighted by Gasteiger charge is -2.25. The molecule has 2 aromatic rings. The maximum atomic E-state index is 12.7. The Hall–Kier alpha value is -3.37. The first-order valence-corrected chi connectivity index (χ1v) is 9.26. The molecule has 0 aliphatic heterocycles. The van der Waals surface area contributed by atoms with Gasteiger partial charge < -0.3 is 19.9 Å². The smallest absolute Gasteiger partial charge is 0.337 e. The number of carbonyl (C=O) groups excluding carboxylic acids is 2. The molecule has 0 radical (unpaired) electrons. The quantitative estimate of drug-likeness (QED) is 0.696. The van der Waals surface area contributed by atoms with Crippen LogP contribution in [0.25, 0.3) is 0 Å². The van der Waals surface area contributed by atoms with E-state index in [0.717, 1.165) is 17.7 Å². The lowest BCUT2D eigenvalue weighted by Crippen LogP contribution is -2.42. The van der Waals surface area contributed by atoms with Gasteiger partial charge in [0.2, 0.25) is 0 Å². The number of nitriles is 1. The van der Waals surface area contributed by atoms with Gasteiger partial charge in [-0.2, -0.15) is 5.26 Å². The van der Waals surface area contributed by atoms with E-state index in [-0.39, 0.29) is 6.03 Å². The second-order valence-electron chi connectivity index (χ2n) is 6.88. The fraction of sp³-hybridized carbons (Fsp3) is 0.318. The molecule has 0 spiro atoms. The van der Waals surface area contributed by atoms with E-state index < -0.39 is 5.97 Å². The van der Waals surface area contributed by atoms with Crippen molar-refractivity contribution in [1.29, 1.82) is 5.26 Å². The van der Waals surface area contributed by atoms with Crippen molar-refractivity contribution in [2.45, 2.75) is 13.1 Å². The Kier molecular flexibility index (Phi) is 8.19. The van der Waals surface area contributed by atoms with Gasteiger partial charge in [0, 0.05) is 26.2 Å². The van der Waals surface area contributed by atoms with Gasteiger partial charge in [-0.15, -0.1) is 0 Å². The first kappa shape index (κ1) is 21.9. The fourth-order valence-electron chi connectivity index (χ4n) is 2.64. The number of carbonyl (C=O) groups is 2. The number of benzene rings is 2. The van der Waals surface area contributed by atoms with E-state index in [4.69, 9.17) is 5.26 Å². The van der Waals surface area contributed by atoms with Gasteiger partial charge in [0.25, 0.3) is 0 Å². The molecule has 2 amide bonds. The highest BCUT2D eigenvalue weighted by atomic mass is 16.5. The van der Waals surface area contributed by atoms with Crippen molar-refractivity contribution in [3.63, 3.8) is 0 Å². The van der Waals surface area contributed by atoms with Crippen molar-refractivity contribution in [3.05, 3.63) is 70.8 Å². The van der Waals surface area contributed by atoms with E-state index >= 15 is 0 Å². The average molecular weight is 394 g/mol. The number of likely N-dealkylation sites (N-methyl/N-ethyl adjacent to an activating group) is 1. The third kappa shape index (κ3) is 6.94. The van der Waals surface area contributed by atoms with Crippen LogP contribution in [0.5, 0.6) is 0 Å². The molecule has 7 nitrogen and oxygen atoms in total. The summed E-state index contributed by atoms with van der Waals surface area (Å²) in [7, 11) is 5.26. The molecule has 0 saturated heterocycles. The SMILES string of the molecule is COC(=O)c1ccc(CNC(=O)N(CCN(C)C)Cc2ccc(C#N)cc2)cc1. The zero-order valence-corrected chi connectivity index (χ0v) is 17.0. The van der Waals surface area contributed by atoms with Gasteiger partial charge in [-0.05, 0) is 49.5 Å². The van der Waals surface area contributed by atoms with Gasteiger partial charge in [0.1, 0.15) is 0 Å². The number of nitrogens with zero attached hydrogens (tertiary/aromatic N) is 3. The van der Waals surface area contributed by atoms with E-state index in [9.17, 15) is 9.59 Å². The van der Waals surface area contributed by atoms with Crippen LogP contribution in [0.2, 0.25) is 0 Å². The maximum Gasteiger partial charge on any atom is 0.337 e. The number of rotatable bonds is 8. The molecule has 0 atom stereocenters. The summed E-state index contributed by atoms with van der Waals surface area (Å²) < 4.78 is 4.69. The van der Waals surface area contributed by atoms with Gasteiger partial charge in [-0.25, -0.2) is 9.59 Å². The lowest BCUT2D eigenvalue weighted by atomic mass is 10.1. The molecule has 0 heterocycles. The number of hydrogen-bond acceptors (Lipinski definition) is 5. The minimum atomic E-state index is -0.391. The molecule has 29 heavy (non-hydrogen) atoms. The second kappa shape index (κ2) is 10.8. The highest BCUT2D eigenvalue weighted by Crippen LogP contribution is 2.09. The van der Waals surface area contributed by atoms with E-state index in [2.05, 4.69) is 16.1 Å². The van der Waals surface area contributed by atoms with Crippen LogP contribution in [0, 0.1) is 11.3 Å². The molecule has 152 valence electrons. The molecular formula is C22H26N4O3. The van der Waals surface area contributed by atoms with Crippen LogP contribution < -0.4 is 5.32 Å². The zero-order chi connectivity index (χ0) is 21.2. The zero-order valence-electron chi connectivity index (χ0n) is 17.0. The molecule has 1 N–H and O–H groups in total. The lowest BCUT2D eigenvalue weighted by molar-refractivity contribution is 0.0600. The number of urea groups is 1. The van der Waals surface area contributed by atoms with E-state index in [1.165, 1.54) is 7.11 Å². The summed E-state index contributed by atoms with van der Waals surface area (Å²) in [5.74, 6) is -0.391. The van der Waals surface area contributed by atoms with Crippen LogP contribution in [-0.4, -0.2) is 56.1 Å². The maximum absolute atomic E-state index is 12.7. The van der Waals surface area contributed by atoms with Crippen LogP contribution in [0.15, 0.2) is 48.5 Å². The first-order chi connectivity index (χ1) is 13.9. The highest BCUT2D eigenvalue weighted by molar-refractivity contribution is 5.89. The first-order valence-electron chi connectivity index (χ1n) is 9.26. The Balaban J connectivity index is 2.00. The van der Waals surface area contributed by atoms with Crippen molar-refractivity contribution in [2.75, 3.05) is 34.3 Å². The fourth-order valence-corrected chi connectivity index (χ4v) is 2.64. The summed E-state index contributed by atoms with van der Waals surface area (Å²) >= 11 is 0. The molecule has 0 bridgehead atoms. The highest BCUT2D eigenvalue weighted by Gasteiger charge is 2.14. The third-order valence-electron chi connectivity index (χ3n) is 4.38. The third-order valence-corrected chi connectivity index (χ3v) is 4.38. The average Bonchev–Trinajstić information content (AvgIpc) is 2.75. The van der Waals surface area contributed by atoms with Gasteiger partial charge in [-0.3, -0.25) is 0 Å². The standard InChI is InChI=1S/C22H26N4O3/c1-25(2)12-13-26(16-19-6-4-17(14-23)5-7-19)22(28)24-15-18-8-10-20(11-9-18)21(27)29-3/h4-11H,12-13,15-16H2,1-3H3,(H,24,28). The second-order valence-corrected chi connectivity index (χ2v) is 6.88. The van der Waals surface area contributed by atoms with Gasteiger partial charge in [-0.1, -0.05) is 24.3 Å². The minimum Gasteiger partial charge on any atom is -0.465 e. The molecule has 0 aromatic heterocycles. The van der Waals surface area contributed by atoms with Crippen LogP contribution >= 0.6 is 0 Å². The summed E-state index contributed by atoms with van der Waals surface area (Å²) in [4.78, 5) is 28.0. The van der Waals surface area contributed by atoms with Crippen molar-refractivity contribution in [1.82, 2.24) is 15.1 Å². The van der Waals surface area contributed by atoms with E-state index in [1.54, 1.807) is 41.3 Å². The Bertz CT molecular complexity index is 855. The summed E-state index contributed by atoms with van der Waals surface area (Å²) in [5, 5.41) is 11.9. The Labute approximate surface area is 171 Å². The molecule has 0 saturated carbocycles. The van der Waals surface area contributed by atoms with Crippen molar-refractivity contribution >= 4 is 12.0 Å². The van der Waals surface area contributed by atoms with Gasteiger partial charge in [0.05, 0.1) is 24.3 Å². The number of nitrogens with one attached hydrogen (secondary N) is 1. The predicted molar refractivity (Wildman–Crippen MR) is 110 cm³/mol. The number of amides is 2. The monoisotopic (exact) mass is 394 g/mol. The number of methoxy groups -OCH3 is 1. The van der Waals surface area contributed by atoms with Crippen molar-refractivity contribution < 1.29 is 14.3 Å². The number of hydrogen-bond donors (Lipinski definition) is 1. The summed E-state index contributed by atoms with van der Waals surface area (Å²) in [6.45, 7) is 2.11. The molecule has 7 heteroatoms. The Morgan fingerprint density at radius 1 is 1.00 bits per heavy atom. The normalized spacial score (nSPS) is 10.3. The van der Waals surface area contributed by atoms with Crippen LogP contribution in [0.1, 0.15) is 27.0 Å². The molecule has 2 rings (SSSR count). The summed E-state index contributed by atoms with van der Waals surface area (Å²) in [5.41, 5.74) is 2.90. The minimum absolute atomic E-state index is 0.173. The largest absolute Gasteiger partial charge is 0.465 e. The number of esters is 1. The van der Waals surface area contributed by atoms with Crippen LogP contribution in [0.3, 0.4) is 0 Å². The topological polar surface area (TPSA) is 85.7 Å². The summed E-state index contributed by atoms with van der Waals surface area (Å²) in [6.07, 6.45) is 0. The number of ether oxygens (including phenoxy) is 1. The molecule has 0 fully saturated rings. The predicted octanol–water partition coefficient (Wildman–Crippen LogP) is 2.62. The van der Waals surface area contributed by atoms with E-state index in [0.29, 0.717) is 30.8 Å². The molecule has 0 unspecified atom stereocenters. The molecule has 0 aliphatic rings. The molecule has 2 aromatic carbocycles. The molecular weight excluding hydrogens is 368 g/mol.